The Morgan fingerprint density at radius 2 is 1.89 bits per heavy atom. The summed E-state index contributed by atoms with van der Waals surface area (Å²) in [5.41, 5.74) is 0. The third-order valence-corrected chi connectivity index (χ3v) is 8.23. The van der Waals surface area contributed by atoms with Gasteiger partial charge in [-0.25, -0.2) is 17.2 Å². The summed E-state index contributed by atoms with van der Waals surface area (Å²) in [6.45, 7) is 0.828. The molecular weight excluding hydrogens is 474 g/mol. The molecule has 28 heavy (non-hydrogen) atoms. The Kier molecular flexibility index (Phi) is 6.53. The van der Waals surface area contributed by atoms with Gasteiger partial charge in [0.1, 0.15) is 0 Å². The van der Waals surface area contributed by atoms with E-state index >= 15 is 0 Å². The first-order chi connectivity index (χ1) is 13.2. The highest BCUT2D eigenvalue weighted by molar-refractivity contribution is 9.11. The van der Waals surface area contributed by atoms with E-state index < -0.39 is 21.7 Å². The molecule has 1 aromatic carbocycles. The van der Waals surface area contributed by atoms with Crippen LogP contribution in [0.4, 0.5) is 8.78 Å². The molecule has 1 saturated heterocycles. The van der Waals surface area contributed by atoms with E-state index in [1.54, 1.807) is 23.3 Å². The summed E-state index contributed by atoms with van der Waals surface area (Å²) >= 11 is 4.96. The molecule has 2 heterocycles. The number of piperidine rings is 1. The van der Waals surface area contributed by atoms with Gasteiger partial charge in [-0.2, -0.15) is 4.31 Å². The Labute approximate surface area is 175 Å². The topological polar surface area (TPSA) is 57.7 Å². The second kappa shape index (κ2) is 8.56. The fourth-order valence-corrected chi connectivity index (χ4v) is 6.21. The van der Waals surface area contributed by atoms with Gasteiger partial charge in [-0.1, -0.05) is 0 Å². The SMILES string of the molecule is CN(Cc1ccc(Br)s1)C(=O)C1CCN(S(=O)(=O)c2ccc(F)c(F)c2)CC1. The summed E-state index contributed by atoms with van der Waals surface area (Å²) in [7, 11) is -2.18. The minimum atomic E-state index is -3.92. The number of rotatable bonds is 5. The predicted molar refractivity (Wildman–Crippen MR) is 106 cm³/mol. The standard InChI is InChI=1S/C18H19BrF2N2O3S2/c1-22(11-13-2-5-17(19)27-13)18(24)12-6-8-23(9-7-12)28(25,26)14-3-4-15(20)16(21)10-14/h2-5,10,12H,6-9,11H2,1H3. The van der Waals surface area contributed by atoms with Crippen molar-refractivity contribution in [3.05, 3.63) is 50.6 Å². The summed E-state index contributed by atoms with van der Waals surface area (Å²) in [5, 5.41) is 0. The fraction of sp³-hybridized carbons (Fsp3) is 0.389. The molecule has 0 saturated carbocycles. The number of carbonyl (C=O) groups is 1. The molecule has 2 aromatic rings. The van der Waals surface area contributed by atoms with Crippen LogP contribution in [0.25, 0.3) is 0 Å². The van der Waals surface area contributed by atoms with Crippen LogP contribution in [0, 0.1) is 17.6 Å². The van der Waals surface area contributed by atoms with Crippen LogP contribution in [0.3, 0.4) is 0 Å². The van der Waals surface area contributed by atoms with Crippen LogP contribution >= 0.6 is 27.3 Å². The summed E-state index contributed by atoms with van der Waals surface area (Å²) in [6, 6.07) is 6.43. The van der Waals surface area contributed by atoms with Crippen molar-refractivity contribution in [2.45, 2.75) is 24.3 Å². The van der Waals surface area contributed by atoms with Gasteiger partial charge < -0.3 is 4.90 Å². The zero-order valence-corrected chi connectivity index (χ0v) is 18.3. The molecule has 1 aromatic heterocycles. The van der Waals surface area contributed by atoms with E-state index in [0.29, 0.717) is 25.5 Å². The van der Waals surface area contributed by atoms with Gasteiger partial charge in [-0.3, -0.25) is 4.79 Å². The average molecular weight is 493 g/mol. The molecule has 0 unspecified atom stereocenters. The highest BCUT2D eigenvalue weighted by Crippen LogP contribution is 2.27. The van der Waals surface area contributed by atoms with Crippen molar-refractivity contribution < 1.29 is 22.0 Å². The van der Waals surface area contributed by atoms with Crippen molar-refractivity contribution in [3.8, 4) is 0 Å². The first-order valence-corrected chi connectivity index (χ1v) is 11.7. The van der Waals surface area contributed by atoms with Crippen molar-refractivity contribution in [1.82, 2.24) is 9.21 Å². The minimum Gasteiger partial charge on any atom is -0.340 e. The number of benzene rings is 1. The molecule has 0 N–H and O–H groups in total. The van der Waals surface area contributed by atoms with Crippen LogP contribution < -0.4 is 0 Å². The number of thiophene rings is 1. The van der Waals surface area contributed by atoms with Gasteiger partial charge in [0.05, 0.1) is 15.2 Å². The van der Waals surface area contributed by atoms with Crippen molar-refractivity contribution in [3.63, 3.8) is 0 Å². The number of carbonyl (C=O) groups excluding carboxylic acids is 1. The molecule has 1 aliphatic heterocycles. The first kappa shape index (κ1) is 21.4. The van der Waals surface area contributed by atoms with E-state index in [2.05, 4.69) is 15.9 Å². The van der Waals surface area contributed by atoms with E-state index in [1.165, 1.54) is 4.31 Å². The monoisotopic (exact) mass is 492 g/mol. The molecule has 1 amide bonds. The highest BCUT2D eigenvalue weighted by atomic mass is 79.9. The van der Waals surface area contributed by atoms with Gasteiger partial charge >= 0.3 is 0 Å². The Morgan fingerprint density at radius 3 is 2.46 bits per heavy atom. The van der Waals surface area contributed by atoms with Gasteiger partial charge in [0.2, 0.25) is 15.9 Å². The second-order valence-corrected chi connectivity index (χ2v) is 11.1. The molecule has 3 rings (SSSR count). The van der Waals surface area contributed by atoms with Crippen molar-refractivity contribution in [1.29, 1.82) is 0 Å². The largest absolute Gasteiger partial charge is 0.340 e. The number of halogens is 3. The molecule has 0 atom stereocenters. The Balaban J connectivity index is 1.61. The lowest BCUT2D eigenvalue weighted by Gasteiger charge is -2.32. The predicted octanol–water partition coefficient (Wildman–Crippen LogP) is 3.85. The number of sulfonamides is 1. The maximum Gasteiger partial charge on any atom is 0.243 e. The number of hydrogen-bond acceptors (Lipinski definition) is 4. The third kappa shape index (κ3) is 4.61. The van der Waals surface area contributed by atoms with Crippen molar-refractivity contribution in [2.24, 2.45) is 5.92 Å². The Hall–Kier alpha value is -1.36. The molecular formula is C18H19BrF2N2O3S2. The first-order valence-electron chi connectivity index (χ1n) is 8.63. The third-order valence-electron chi connectivity index (χ3n) is 4.73. The summed E-state index contributed by atoms with van der Waals surface area (Å²) < 4.78 is 54.0. The van der Waals surface area contributed by atoms with Crippen LogP contribution in [-0.2, 0) is 21.4 Å². The quantitative estimate of drug-likeness (QED) is 0.636. The summed E-state index contributed by atoms with van der Waals surface area (Å²) in [4.78, 5) is 15.1. The highest BCUT2D eigenvalue weighted by Gasteiger charge is 2.33. The van der Waals surface area contributed by atoms with Gasteiger partial charge in [0.25, 0.3) is 0 Å². The van der Waals surface area contributed by atoms with Crippen LogP contribution in [-0.4, -0.2) is 43.7 Å². The average Bonchev–Trinajstić information content (AvgIpc) is 3.08. The molecule has 0 spiro atoms. The van der Waals surface area contributed by atoms with E-state index in [-0.39, 0.29) is 29.8 Å². The molecule has 0 radical (unpaired) electrons. The molecule has 10 heteroatoms. The maximum atomic E-state index is 13.4. The lowest BCUT2D eigenvalue weighted by molar-refractivity contribution is -0.135. The van der Waals surface area contributed by atoms with Crippen LogP contribution in [0.15, 0.2) is 39.0 Å². The van der Waals surface area contributed by atoms with E-state index in [0.717, 1.165) is 20.8 Å². The molecule has 0 aliphatic carbocycles. The minimum absolute atomic E-state index is 0.0191. The van der Waals surface area contributed by atoms with Crippen LogP contribution in [0.5, 0.6) is 0 Å². The molecule has 0 bridgehead atoms. The lowest BCUT2D eigenvalue weighted by atomic mass is 9.96. The van der Waals surface area contributed by atoms with Gasteiger partial charge in [-0.15, -0.1) is 11.3 Å². The van der Waals surface area contributed by atoms with Crippen LogP contribution in [0.2, 0.25) is 0 Å². The Bertz CT molecular complexity index is 973. The van der Waals surface area contributed by atoms with Crippen LogP contribution in [0.1, 0.15) is 17.7 Å². The number of nitrogens with zero attached hydrogens (tertiary/aromatic N) is 2. The van der Waals surface area contributed by atoms with Gasteiger partial charge in [-0.05, 0) is 59.1 Å². The Morgan fingerprint density at radius 1 is 1.21 bits per heavy atom. The van der Waals surface area contributed by atoms with Crippen molar-refractivity contribution >= 4 is 43.2 Å². The summed E-state index contributed by atoms with van der Waals surface area (Å²) in [6.07, 6.45) is 0.778. The van der Waals surface area contributed by atoms with Gasteiger partial charge in [0, 0.05) is 30.9 Å². The maximum absolute atomic E-state index is 13.4. The molecule has 1 aliphatic rings. The normalized spacial score (nSPS) is 16.3. The lowest BCUT2D eigenvalue weighted by Crippen LogP contribution is -2.43. The van der Waals surface area contributed by atoms with E-state index in [4.69, 9.17) is 0 Å². The van der Waals surface area contributed by atoms with Gasteiger partial charge in [0.15, 0.2) is 11.6 Å². The van der Waals surface area contributed by atoms with E-state index in [1.807, 2.05) is 12.1 Å². The molecule has 152 valence electrons. The smallest absolute Gasteiger partial charge is 0.243 e. The second-order valence-electron chi connectivity index (χ2n) is 6.65. The molecule has 5 nitrogen and oxygen atoms in total. The zero-order valence-electron chi connectivity index (χ0n) is 15.1. The molecule has 1 fully saturated rings. The number of amides is 1. The zero-order chi connectivity index (χ0) is 20.5. The van der Waals surface area contributed by atoms with Crippen molar-refractivity contribution in [2.75, 3.05) is 20.1 Å². The fourth-order valence-electron chi connectivity index (χ4n) is 3.19. The number of hydrogen-bond donors (Lipinski definition) is 0. The van der Waals surface area contributed by atoms with E-state index in [9.17, 15) is 22.0 Å². The summed E-state index contributed by atoms with van der Waals surface area (Å²) in [5.74, 6) is -2.57.